The van der Waals surface area contributed by atoms with E-state index in [1.807, 2.05) is 0 Å². The Labute approximate surface area is 103 Å². The van der Waals surface area contributed by atoms with Crippen LogP contribution in [0.15, 0.2) is 22.7 Å². The highest BCUT2D eigenvalue weighted by molar-refractivity contribution is 9.10. The number of hydrogen-bond acceptors (Lipinski definition) is 3. The first-order chi connectivity index (χ1) is 7.54. The molecule has 16 heavy (non-hydrogen) atoms. The minimum atomic E-state index is -0.564. The molecule has 0 radical (unpaired) electrons. The number of amides is 1. The van der Waals surface area contributed by atoms with Gasteiger partial charge in [-0.3, -0.25) is 4.79 Å². The number of halogens is 1. The van der Waals surface area contributed by atoms with E-state index in [0.29, 0.717) is 11.3 Å². The fourth-order valence-corrected chi connectivity index (χ4v) is 1.53. The van der Waals surface area contributed by atoms with Gasteiger partial charge in [-0.25, -0.2) is 0 Å². The third-order valence-electron chi connectivity index (χ3n) is 1.97. The molecule has 5 heteroatoms. The van der Waals surface area contributed by atoms with Crippen LogP contribution in [0.25, 0.3) is 0 Å². The molecule has 0 saturated heterocycles. The van der Waals surface area contributed by atoms with Crippen molar-refractivity contribution < 1.29 is 14.6 Å². The highest BCUT2D eigenvalue weighted by Crippen LogP contribution is 2.23. The highest BCUT2D eigenvalue weighted by Gasteiger charge is 2.12. The molecule has 2 N–H and O–H groups in total. The van der Waals surface area contributed by atoms with Gasteiger partial charge in [0.05, 0.1) is 18.8 Å². The molecule has 0 aliphatic carbocycles. The van der Waals surface area contributed by atoms with E-state index in [2.05, 4.69) is 21.2 Å². The van der Waals surface area contributed by atoms with Crippen LogP contribution in [-0.2, 0) is 0 Å². The predicted octanol–water partition coefficient (Wildman–Crippen LogP) is 1.57. The molecule has 0 aliphatic heterocycles. The van der Waals surface area contributed by atoms with Gasteiger partial charge in [0.2, 0.25) is 0 Å². The van der Waals surface area contributed by atoms with Crippen molar-refractivity contribution in [3.63, 3.8) is 0 Å². The molecule has 1 amide bonds. The standard InChI is InChI=1S/C11H14BrNO3/c1-7(14)6-13-11(15)9-4-3-8(12)5-10(9)16-2/h3-5,7,14H,6H2,1-2H3,(H,13,15)/t7-/m0/s1. The van der Waals surface area contributed by atoms with Gasteiger partial charge in [-0.1, -0.05) is 15.9 Å². The monoisotopic (exact) mass is 287 g/mol. The summed E-state index contributed by atoms with van der Waals surface area (Å²) >= 11 is 3.30. The topological polar surface area (TPSA) is 58.6 Å². The van der Waals surface area contributed by atoms with Crippen LogP contribution in [0.1, 0.15) is 17.3 Å². The van der Waals surface area contributed by atoms with Gasteiger partial charge in [0, 0.05) is 11.0 Å². The lowest BCUT2D eigenvalue weighted by molar-refractivity contribution is 0.0921. The van der Waals surface area contributed by atoms with Crippen LogP contribution < -0.4 is 10.1 Å². The van der Waals surface area contributed by atoms with Gasteiger partial charge in [0.25, 0.3) is 5.91 Å². The molecule has 0 saturated carbocycles. The SMILES string of the molecule is COc1cc(Br)ccc1C(=O)NC[C@H](C)O. The lowest BCUT2D eigenvalue weighted by Gasteiger charge is -2.10. The Morgan fingerprint density at radius 1 is 1.62 bits per heavy atom. The Hall–Kier alpha value is -1.07. The highest BCUT2D eigenvalue weighted by atomic mass is 79.9. The van der Waals surface area contributed by atoms with Gasteiger partial charge in [0.15, 0.2) is 0 Å². The molecule has 0 bridgehead atoms. The van der Waals surface area contributed by atoms with Crippen molar-refractivity contribution in [2.45, 2.75) is 13.0 Å². The molecule has 4 nitrogen and oxygen atoms in total. The molecule has 1 rings (SSSR count). The smallest absolute Gasteiger partial charge is 0.255 e. The van der Waals surface area contributed by atoms with E-state index in [9.17, 15) is 4.79 Å². The first-order valence-electron chi connectivity index (χ1n) is 4.84. The van der Waals surface area contributed by atoms with Gasteiger partial charge >= 0.3 is 0 Å². The van der Waals surface area contributed by atoms with Crippen LogP contribution in [-0.4, -0.2) is 30.8 Å². The molecular formula is C11H14BrNO3. The lowest BCUT2D eigenvalue weighted by Crippen LogP contribution is -2.30. The van der Waals surface area contributed by atoms with E-state index in [0.717, 1.165) is 4.47 Å². The molecule has 0 unspecified atom stereocenters. The van der Waals surface area contributed by atoms with E-state index in [4.69, 9.17) is 9.84 Å². The summed E-state index contributed by atoms with van der Waals surface area (Å²) < 4.78 is 5.94. The Morgan fingerprint density at radius 3 is 2.88 bits per heavy atom. The Kier molecular flexibility index (Phi) is 4.76. The third kappa shape index (κ3) is 3.50. The van der Waals surface area contributed by atoms with Crippen LogP contribution >= 0.6 is 15.9 Å². The van der Waals surface area contributed by atoms with Crippen molar-refractivity contribution in [2.75, 3.05) is 13.7 Å². The fraction of sp³-hybridized carbons (Fsp3) is 0.364. The number of benzene rings is 1. The van der Waals surface area contributed by atoms with Crippen molar-refractivity contribution in [1.82, 2.24) is 5.32 Å². The number of aliphatic hydroxyl groups is 1. The van der Waals surface area contributed by atoms with Crippen LogP contribution in [0, 0.1) is 0 Å². The van der Waals surface area contributed by atoms with Crippen molar-refractivity contribution in [1.29, 1.82) is 0 Å². The molecule has 88 valence electrons. The molecule has 1 atom stereocenters. The first-order valence-corrected chi connectivity index (χ1v) is 5.63. The zero-order chi connectivity index (χ0) is 12.1. The van der Waals surface area contributed by atoms with Crippen molar-refractivity contribution in [3.8, 4) is 5.75 Å². The Balaban J connectivity index is 2.82. The predicted molar refractivity (Wildman–Crippen MR) is 64.7 cm³/mol. The van der Waals surface area contributed by atoms with Gasteiger partial charge in [0.1, 0.15) is 5.75 Å². The number of aliphatic hydroxyl groups excluding tert-OH is 1. The average molecular weight is 288 g/mol. The minimum absolute atomic E-state index is 0.220. The second-order valence-electron chi connectivity index (χ2n) is 3.40. The summed E-state index contributed by atoms with van der Waals surface area (Å²) in [6.07, 6.45) is -0.564. The van der Waals surface area contributed by atoms with E-state index in [-0.39, 0.29) is 12.5 Å². The van der Waals surface area contributed by atoms with E-state index in [1.54, 1.807) is 25.1 Å². The third-order valence-corrected chi connectivity index (χ3v) is 2.46. The van der Waals surface area contributed by atoms with Gasteiger partial charge in [-0.2, -0.15) is 0 Å². The molecule has 0 fully saturated rings. The summed E-state index contributed by atoms with van der Waals surface area (Å²) in [5.41, 5.74) is 0.450. The molecule has 0 spiro atoms. The van der Waals surface area contributed by atoms with Gasteiger partial charge in [-0.05, 0) is 25.1 Å². The van der Waals surface area contributed by atoms with Crippen molar-refractivity contribution >= 4 is 21.8 Å². The molecule has 0 aromatic heterocycles. The second-order valence-corrected chi connectivity index (χ2v) is 4.32. The van der Waals surface area contributed by atoms with E-state index in [1.165, 1.54) is 7.11 Å². The molecule has 0 aliphatic rings. The van der Waals surface area contributed by atoms with Crippen LogP contribution in [0.2, 0.25) is 0 Å². The van der Waals surface area contributed by atoms with Gasteiger partial charge < -0.3 is 15.2 Å². The average Bonchev–Trinajstić information content (AvgIpc) is 2.25. The number of ether oxygens (including phenoxy) is 1. The van der Waals surface area contributed by atoms with E-state index < -0.39 is 6.10 Å². The summed E-state index contributed by atoms with van der Waals surface area (Å²) in [5.74, 6) is 0.239. The fourth-order valence-electron chi connectivity index (χ4n) is 1.19. The number of hydrogen-bond donors (Lipinski definition) is 2. The normalized spacial score (nSPS) is 12.0. The molecular weight excluding hydrogens is 274 g/mol. The summed E-state index contributed by atoms with van der Waals surface area (Å²) in [7, 11) is 1.51. The number of nitrogens with one attached hydrogen (secondary N) is 1. The maximum absolute atomic E-state index is 11.7. The Morgan fingerprint density at radius 2 is 2.31 bits per heavy atom. The quantitative estimate of drug-likeness (QED) is 0.884. The van der Waals surface area contributed by atoms with Crippen molar-refractivity contribution in [3.05, 3.63) is 28.2 Å². The maximum atomic E-state index is 11.7. The van der Waals surface area contributed by atoms with Crippen LogP contribution in [0.3, 0.4) is 0 Å². The number of carbonyl (C=O) groups is 1. The van der Waals surface area contributed by atoms with Crippen LogP contribution in [0.4, 0.5) is 0 Å². The molecule has 0 heterocycles. The minimum Gasteiger partial charge on any atom is -0.496 e. The zero-order valence-electron chi connectivity index (χ0n) is 9.16. The number of rotatable bonds is 4. The molecule has 1 aromatic carbocycles. The molecule has 1 aromatic rings. The zero-order valence-corrected chi connectivity index (χ0v) is 10.7. The van der Waals surface area contributed by atoms with Crippen molar-refractivity contribution in [2.24, 2.45) is 0 Å². The summed E-state index contributed by atoms with van der Waals surface area (Å²) in [6.45, 7) is 1.83. The van der Waals surface area contributed by atoms with Gasteiger partial charge in [-0.15, -0.1) is 0 Å². The maximum Gasteiger partial charge on any atom is 0.255 e. The summed E-state index contributed by atoms with van der Waals surface area (Å²) in [4.78, 5) is 11.7. The summed E-state index contributed by atoms with van der Waals surface area (Å²) in [5, 5.41) is 11.7. The second kappa shape index (κ2) is 5.86. The first kappa shape index (κ1) is 13.0. The van der Waals surface area contributed by atoms with Crippen LogP contribution in [0.5, 0.6) is 5.75 Å². The number of methoxy groups -OCH3 is 1. The lowest BCUT2D eigenvalue weighted by atomic mass is 10.2. The van der Waals surface area contributed by atoms with E-state index >= 15 is 0 Å². The largest absolute Gasteiger partial charge is 0.496 e. The summed E-state index contributed by atoms with van der Waals surface area (Å²) in [6, 6.07) is 5.15. The number of carbonyl (C=O) groups excluding carboxylic acids is 1. The Bertz CT molecular complexity index is 379.